The van der Waals surface area contributed by atoms with Gasteiger partial charge in [-0.1, -0.05) is 30.4 Å². The third kappa shape index (κ3) is 7.49. The van der Waals surface area contributed by atoms with E-state index in [1.165, 1.54) is 26.6 Å². The SMILES string of the molecule is COC(=O)[C@H](CC1=COC=C(C2=CC=CCC2c2ccc(OC(C)=O)cc2)O1)NC(=O)OC(C)(C)C. The predicted octanol–water partition coefficient (Wildman–Crippen LogP) is 4.77. The monoisotopic (exact) mass is 497 g/mol. The van der Waals surface area contributed by atoms with Gasteiger partial charge in [0.1, 0.15) is 35.7 Å². The fourth-order valence-corrected chi connectivity index (χ4v) is 3.70. The molecule has 1 aliphatic heterocycles. The third-order valence-corrected chi connectivity index (χ3v) is 5.19. The zero-order valence-corrected chi connectivity index (χ0v) is 21.0. The van der Waals surface area contributed by atoms with Gasteiger partial charge in [-0.25, -0.2) is 9.59 Å². The number of hydrogen-bond acceptors (Lipinski definition) is 8. The van der Waals surface area contributed by atoms with Crippen LogP contribution in [0.4, 0.5) is 4.79 Å². The summed E-state index contributed by atoms with van der Waals surface area (Å²) in [5, 5.41) is 2.53. The molecule has 1 aliphatic carbocycles. The van der Waals surface area contributed by atoms with E-state index in [9.17, 15) is 14.4 Å². The molecule has 3 rings (SSSR count). The number of benzene rings is 1. The number of esters is 2. The van der Waals surface area contributed by atoms with E-state index in [-0.39, 0.29) is 18.3 Å². The second kappa shape index (κ2) is 11.6. The largest absolute Gasteiger partial charge is 0.467 e. The number of carbonyl (C=O) groups is 3. The first-order valence-corrected chi connectivity index (χ1v) is 11.5. The van der Waals surface area contributed by atoms with Gasteiger partial charge in [-0.2, -0.15) is 0 Å². The van der Waals surface area contributed by atoms with E-state index in [1.807, 2.05) is 30.4 Å². The van der Waals surface area contributed by atoms with E-state index in [2.05, 4.69) is 5.32 Å². The summed E-state index contributed by atoms with van der Waals surface area (Å²) in [6.07, 6.45) is 8.75. The van der Waals surface area contributed by atoms with Gasteiger partial charge in [0.25, 0.3) is 0 Å². The molecule has 0 bridgehead atoms. The Morgan fingerprint density at radius 3 is 2.50 bits per heavy atom. The summed E-state index contributed by atoms with van der Waals surface area (Å²) >= 11 is 0. The molecule has 0 aromatic heterocycles. The van der Waals surface area contributed by atoms with Gasteiger partial charge >= 0.3 is 18.0 Å². The molecule has 1 aromatic rings. The van der Waals surface area contributed by atoms with Gasteiger partial charge in [0.15, 0.2) is 5.76 Å². The van der Waals surface area contributed by atoms with E-state index in [1.54, 1.807) is 32.9 Å². The van der Waals surface area contributed by atoms with Crippen molar-refractivity contribution in [3.63, 3.8) is 0 Å². The normalized spacial score (nSPS) is 17.8. The maximum atomic E-state index is 12.3. The number of carbonyl (C=O) groups excluding carboxylic acids is 3. The Balaban J connectivity index is 1.72. The van der Waals surface area contributed by atoms with Crippen LogP contribution < -0.4 is 10.1 Å². The quantitative estimate of drug-likeness (QED) is 0.424. The Hall–Kier alpha value is -4.01. The highest BCUT2D eigenvalue weighted by Gasteiger charge is 2.30. The standard InChI is InChI=1S/C27H31NO8/c1-17(29)34-19-12-10-18(11-13-19)21-8-6-7-9-22(21)24-16-33-15-20(35-24)14-23(25(30)32-5)28-26(31)36-27(2,3)4/h6-7,9-13,15-16,21,23H,8,14H2,1-5H3,(H,28,31)/t21?,23-/m0/s1. The molecule has 0 saturated carbocycles. The van der Waals surface area contributed by atoms with Crippen LogP contribution >= 0.6 is 0 Å². The molecule has 1 heterocycles. The van der Waals surface area contributed by atoms with Crippen LogP contribution in [0, 0.1) is 0 Å². The van der Waals surface area contributed by atoms with Gasteiger partial charge in [-0.3, -0.25) is 4.79 Å². The van der Waals surface area contributed by atoms with Crippen LogP contribution in [0.25, 0.3) is 0 Å². The molecule has 9 nitrogen and oxygen atoms in total. The molecule has 36 heavy (non-hydrogen) atoms. The molecule has 0 fully saturated rings. The van der Waals surface area contributed by atoms with Gasteiger partial charge < -0.3 is 29.0 Å². The van der Waals surface area contributed by atoms with E-state index < -0.39 is 23.7 Å². The van der Waals surface area contributed by atoms with Crippen molar-refractivity contribution < 1.29 is 38.1 Å². The van der Waals surface area contributed by atoms with Gasteiger partial charge in [0.2, 0.25) is 0 Å². The summed E-state index contributed by atoms with van der Waals surface area (Å²) < 4.78 is 26.8. The molecular formula is C27H31NO8. The summed E-state index contributed by atoms with van der Waals surface area (Å²) in [6, 6.07) is 6.25. The molecule has 1 unspecified atom stereocenters. The highest BCUT2D eigenvalue weighted by Crippen LogP contribution is 2.38. The van der Waals surface area contributed by atoms with Crippen molar-refractivity contribution in [3.05, 3.63) is 77.7 Å². The lowest BCUT2D eigenvalue weighted by molar-refractivity contribution is -0.143. The first-order chi connectivity index (χ1) is 17.1. The zero-order valence-electron chi connectivity index (χ0n) is 21.0. The van der Waals surface area contributed by atoms with Crippen molar-refractivity contribution >= 4 is 18.0 Å². The second-order valence-corrected chi connectivity index (χ2v) is 9.23. The molecule has 2 aliphatic rings. The van der Waals surface area contributed by atoms with Crippen LogP contribution in [0.2, 0.25) is 0 Å². The van der Waals surface area contributed by atoms with Crippen LogP contribution in [0.15, 0.2) is 72.1 Å². The highest BCUT2D eigenvalue weighted by molar-refractivity contribution is 5.81. The van der Waals surface area contributed by atoms with Gasteiger partial charge in [0.05, 0.1) is 7.11 Å². The summed E-state index contributed by atoms with van der Waals surface area (Å²) in [7, 11) is 1.24. The highest BCUT2D eigenvalue weighted by atomic mass is 16.6. The first-order valence-electron chi connectivity index (χ1n) is 11.5. The lowest BCUT2D eigenvalue weighted by Crippen LogP contribution is -2.44. The minimum Gasteiger partial charge on any atom is -0.467 e. The molecular weight excluding hydrogens is 466 g/mol. The Bertz CT molecular complexity index is 1110. The van der Waals surface area contributed by atoms with Crippen molar-refractivity contribution in [3.8, 4) is 5.75 Å². The fourth-order valence-electron chi connectivity index (χ4n) is 3.70. The fraction of sp³-hybridized carbons (Fsp3) is 0.370. The number of alkyl carbamates (subject to hydrolysis) is 1. The molecule has 0 spiro atoms. The van der Waals surface area contributed by atoms with Crippen molar-refractivity contribution in [2.75, 3.05) is 7.11 Å². The van der Waals surface area contributed by atoms with Crippen molar-refractivity contribution in [2.24, 2.45) is 0 Å². The molecule has 9 heteroatoms. The van der Waals surface area contributed by atoms with Gasteiger partial charge in [-0.15, -0.1) is 0 Å². The van der Waals surface area contributed by atoms with Gasteiger partial charge in [0, 0.05) is 24.8 Å². The van der Waals surface area contributed by atoms with Crippen LogP contribution in [0.1, 0.15) is 52.0 Å². The summed E-state index contributed by atoms with van der Waals surface area (Å²) in [6.45, 7) is 6.53. The van der Waals surface area contributed by atoms with Gasteiger partial charge in [-0.05, 0) is 44.9 Å². The average molecular weight is 498 g/mol. The molecule has 0 radical (unpaired) electrons. The van der Waals surface area contributed by atoms with E-state index >= 15 is 0 Å². The van der Waals surface area contributed by atoms with E-state index in [0.29, 0.717) is 17.3 Å². The Morgan fingerprint density at radius 1 is 1.14 bits per heavy atom. The maximum absolute atomic E-state index is 12.3. The smallest absolute Gasteiger partial charge is 0.408 e. The Labute approximate surface area is 210 Å². The van der Waals surface area contributed by atoms with E-state index in [0.717, 1.165) is 17.6 Å². The lowest BCUT2D eigenvalue weighted by Gasteiger charge is -2.27. The van der Waals surface area contributed by atoms with Crippen LogP contribution in [-0.2, 0) is 28.5 Å². The average Bonchev–Trinajstić information content (AvgIpc) is 2.82. The molecule has 192 valence electrons. The number of rotatable bonds is 7. The molecule has 1 aromatic carbocycles. The van der Waals surface area contributed by atoms with Crippen molar-refractivity contribution in [1.29, 1.82) is 0 Å². The number of methoxy groups -OCH3 is 1. The Kier molecular flexibility index (Phi) is 8.58. The van der Waals surface area contributed by atoms with Crippen molar-refractivity contribution in [2.45, 2.75) is 58.1 Å². The number of allylic oxidation sites excluding steroid dienone is 4. The van der Waals surface area contributed by atoms with Crippen LogP contribution in [0.5, 0.6) is 5.75 Å². The third-order valence-electron chi connectivity index (χ3n) is 5.19. The summed E-state index contributed by atoms with van der Waals surface area (Å²) in [5.74, 6) is 0.216. The number of hydrogen-bond donors (Lipinski definition) is 1. The topological polar surface area (TPSA) is 109 Å². The minimum absolute atomic E-state index is 0.00583. The molecule has 1 amide bonds. The Morgan fingerprint density at radius 2 is 1.86 bits per heavy atom. The predicted molar refractivity (Wildman–Crippen MR) is 130 cm³/mol. The summed E-state index contributed by atoms with van der Waals surface area (Å²) in [4.78, 5) is 35.8. The van der Waals surface area contributed by atoms with Crippen LogP contribution in [0.3, 0.4) is 0 Å². The van der Waals surface area contributed by atoms with Crippen LogP contribution in [-0.4, -0.2) is 36.8 Å². The van der Waals surface area contributed by atoms with Crippen molar-refractivity contribution in [1.82, 2.24) is 5.32 Å². The second-order valence-electron chi connectivity index (χ2n) is 9.23. The minimum atomic E-state index is -1.04. The number of ether oxygens (including phenoxy) is 5. The maximum Gasteiger partial charge on any atom is 0.408 e. The summed E-state index contributed by atoms with van der Waals surface area (Å²) in [5.41, 5.74) is 1.15. The molecule has 0 saturated heterocycles. The number of nitrogens with one attached hydrogen (secondary N) is 1. The van der Waals surface area contributed by atoms with E-state index in [4.69, 9.17) is 23.7 Å². The lowest BCUT2D eigenvalue weighted by atomic mass is 9.84. The number of amides is 1. The molecule has 1 N–H and O–H groups in total. The zero-order chi connectivity index (χ0) is 26.3. The molecule has 2 atom stereocenters. The first kappa shape index (κ1) is 26.6.